The number of hydrogen-bond donors (Lipinski definition) is 0. The van der Waals surface area contributed by atoms with Gasteiger partial charge in [0.25, 0.3) is 0 Å². The van der Waals surface area contributed by atoms with Gasteiger partial charge in [0.2, 0.25) is 11.8 Å². The number of aromatic nitrogens is 1. The maximum Gasteiger partial charge on any atom is 0.227 e. The summed E-state index contributed by atoms with van der Waals surface area (Å²) in [6.07, 6.45) is 5.43. The molecule has 0 radical (unpaired) electrons. The summed E-state index contributed by atoms with van der Waals surface area (Å²) in [5.41, 5.74) is 1.96. The summed E-state index contributed by atoms with van der Waals surface area (Å²) in [5.74, 6) is 2.91. The molecule has 6 nitrogen and oxygen atoms in total. The molecule has 3 heterocycles. The highest BCUT2D eigenvalue weighted by atomic mass is 16.5. The second-order valence-corrected chi connectivity index (χ2v) is 9.32. The molecule has 0 N–H and O–H groups in total. The van der Waals surface area contributed by atoms with Gasteiger partial charge in [0.05, 0.1) is 12.8 Å². The number of carbonyl (C=O) groups excluding carboxylic acids is 1. The summed E-state index contributed by atoms with van der Waals surface area (Å²) in [4.78, 5) is 22.2. The summed E-state index contributed by atoms with van der Waals surface area (Å²) in [5, 5.41) is 2.12. The lowest BCUT2D eigenvalue weighted by atomic mass is 9.94. The molecule has 2 fully saturated rings. The summed E-state index contributed by atoms with van der Waals surface area (Å²) < 4.78 is 11.7. The number of oxazole rings is 1. The van der Waals surface area contributed by atoms with Gasteiger partial charge in [0.15, 0.2) is 0 Å². The molecule has 5 rings (SSSR count). The van der Waals surface area contributed by atoms with E-state index in [4.69, 9.17) is 14.1 Å². The van der Waals surface area contributed by atoms with E-state index in [1.807, 2.05) is 31.2 Å². The van der Waals surface area contributed by atoms with E-state index in [9.17, 15) is 4.79 Å². The zero-order chi connectivity index (χ0) is 22.8. The van der Waals surface area contributed by atoms with Gasteiger partial charge in [-0.2, -0.15) is 0 Å². The largest absolute Gasteiger partial charge is 0.496 e. The van der Waals surface area contributed by atoms with Gasteiger partial charge in [0, 0.05) is 36.5 Å². The Balaban J connectivity index is 1.27. The van der Waals surface area contributed by atoms with Gasteiger partial charge >= 0.3 is 0 Å². The highest BCUT2D eigenvalue weighted by Crippen LogP contribution is 2.35. The fourth-order valence-electron chi connectivity index (χ4n) is 5.25. The predicted molar refractivity (Wildman–Crippen MR) is 129 cm³/mol. The van der Waals surface area contributed by atoms with Crippen LogP contribution in [-0.2, 0) is 11.3 Å². The first kappa shape index (κ1) is 22.0. The zero-order valence-corrected chi connectivity index (χ0v) is 19.7. The number of carbonyl (C=O) groups is 1. The van der Waals surface area contributed by atoms with E-state index < -0.39 is 0 Å². The van der Waals surface area contributed by atoms with E-state index in [2.05, 4.69) is 21.9 Å². The van der Waals surface area contributed by atoms with Gasteiger partial charge < -0.3 is 14.1 Å². The van der Waals surface area contributed by atoms with Crippen molar-refractivity contribution in [3.05, 3.63) is 47.9 Å². The number of ether oxygens (including phenoxy) is 1. The number of amides is 1. The van der Waals surface area contributed by atoms with Crippen LogP contribution in [0.3, 0.4) is 0 Å². The second kappa shape index (κ2) is 9.56. The van der Waals surface area contributed by atoms with Crippen molar-refractivity contribution in [2.45, 2.75) is 45.6 Å². The number of fused-ring (bicyclic) bond motifs is 1. The molecule has 3 aromatic rings. The molecule has 0 unspecified atom stereocenters. The number of piperidine rings is 2. The zero-order valence-electron chi connectivity index (χ0n) is 19.7. The van der Waals surface area contributed by atoms with Crippen LogP contribution < -0.4 is 4.74 Å². The lowest BCUT2D eigenvalue weighted by Crippen LogP contribution is -2.44. The minimum atomic E-state index is 0.180. The molecule has 6 heteroatoms. The van der Waals surface area contributed by atoms with Crippen LogP contribution in [-0.4, -0.2) is 54.0 Å². The van der Waals surface area contributed by atoms with Gasteiger partial charge in [-0.3, -0.25) is 9.69 Å². The van der Waals surface area contributed by atoms with Gasteiger partial charge in [-0.1, -0.05) is 24.3 Å². The second-order valence-electron chi connectivity index (χ2n) is 9.32. The molecule has 2 saturated heterocycles. The Morgan fingerprint density at radius 1 is 1.03 bits per heavy atom. The molecule has 1 aromatic heterocycles. The number of nitrogens with zero attached hydrogens (tertiary/aromatic N) is 3. The van der Waals surface area contributed by atoms with Crippen molar-refractivity contribution in [1.29, 1.82) is 0 Å². The molecule has 33 heavy (non-hydrogen) atoms. The van der Waals surface area contributed by atoms with Crippen molar-refractivity contribution in [2.24, 2.45) is 5.92 Å². The number of benzene rings is 2. The standard InChI is InChI=1S/C27H33N3O3/c1-19-24(18-29-16-12-20(13-17-29)27(31)30-14-6-3-7-15-30)28-26(33-19)23-10-11-25(32-2)22-9-5-4-8-21(22)23/h4-5,8-11,20H,3,6-7,12-18H2,1-2H3. The third-order valence-electron chi connectivity index (χ3n) is 7.20. The summed E-state index contributed by atoms with van der Waals surface area (Å²) in [6.45, 7) is 6.49. The van der Waals surface area contributed by atoms with Crippen LogP contribution in [0.2, 0.25) is 0 Å². The highest BCUT2D eigenvalue weighted by Gasteiger charge is 2.29. The van der Waals surface area contributed by atoms with E-state index in [0.717, 1.165) is 91.9 Å². The Kier molecular flexibility index (Phi) is 6.36. The number of rotatable bonds is 5. The van der Waals surface area contributed by atoms with Crippen LogP contribution in [0.15, 0.2) is 40.8 Å². The molecule has 2 aliphatic heterocycles. The monoisotopic (exact) mass is 447 g/mol. The topological polar surface area (TPSA) is 58.8 Å². The van der Waals surface area contributed by atoms with E-state index in [1.54, 1.807) is 7.11 Å². The van der Waals surface area contributed by atoms with Crippen molar-refractivity contribution >= 4 is 16.7 Å². The smallest absolute Gasteiger partial charge is 0.227 e. The fraction of sp³-hybridized carbons (Fsp3) is 0.481. The Morgan fingerprint density at radius 3 is 2.48 bits per heavy atom. The van der Waals surface area contributed by atoms with Crippen LogP contribution >= 0.6 is 0 Å². The van der Waals surface area contributed by atoms with Crippen LogP contribution in [0.5, 0.6) is 5.75 Å². The van der Waals surface area contributed by atoms with Crippen LogP contribution in [0.4, 0.5) is 0 Å². The van der Waals surface area contributed by atoms with E-state index >= 15 is 0 Å². The molecule has 174 valence electrons. The van der Waals surface area contributed by atoms with Gasteiger partial charge in [-0.15, -0.1) is 0 Å². The van der Waals surface area contributed by atoms with Gasteiger partial charge in [-0.05, 0) is 69.6 Å². The lowest BCUT2D eigenvalue weighted by Gasteiger charge is -2.35. The average Bonchev–Trinajstić information content (AvgIpc) is 3.23. The van der Waals surface area contributed by atoms with Crippen LogP contribution in [0.1, 0.15) is 43.6 Å². The normalized spacial score (nSPS) is 18.1. The maximum absolute atomic E-state index is 12.9. The van der Waals surface area contributed by atoms with Gasteiger partial charge in [-0.25, -0.2) is 4.98 Å². The lowest BCUT2D eigenvalue weighted by molar-refractivity contribution is -0.138. The molecule has 0 atom stereocenters. The third-order valence-corrected chi connectivity index (χ3v) is 7.20. The minimum Gasteiger partial charge on any atom is -0.496 e. The first-order valence-electron chi connectivity index (χ1n) is 12.2. The first-order valence-corrected chi connectivity index (χ1v) is 12.2. The molecular weight excluding hydrogens is 414 g/mol. The SMILES string of the molecule is COc1ccc(-c2nc(CN3CCC(C(=O)N4CCCCC4)CC3)c(C)o2)c2ccccc12. The van der Waals surface area contributed by atoms with Gasteiger partial charge in [0.1, 0.15) is 11.5 Å². The third kappa shape index (κ3) is 4.49. The van der Waals surface area contributed by atoms with Crippen molar-refractivity contribution < 1.29 is 13.9 Å². The average molecular weight is 448 g/mol. The number of methoxy groups -OCH3 is 1. The predicted octanol–water partition coefficient (Wildman–Crippen LogP) is 5.04. The number of aryl methyl sites for hydroxylation is 1. The number of hydrogen-bond acceptors (Lipinski definition) is 5. The molecule has 0 bridgehead atoms. The Bertz CT molecular complexity index is 1120. The van der Waals surface area contributed by atoms with Crippen molar-refractivity contribution in [3.63, 3.8) is 0 Å². The van der Waals surface area contributed by atoms with E-state index in [-0.39, 0.29) is 5.92 Å². The molecule has 0 aliphatic carbocycles. The molecular formula is C27H33N3O3. The summed E-state index contributed by atoms with van der Waals surface area (Å²) in [6, 6.07) is 12.2. The minimum absolute atomic E-state index is 0.180. The highest BCUT2D eigenvalue weighted by molar-refractivity contribution is 5.98. The van der Waals surface area contributed by atoms with Crippen LogP contribution in [0, 0.1) is 12.8 Å². The van der Waals surface area contributed by atoms with E-state index in [0.29, 0.717) is 11.8 Å². The number of likely N-dealkylation sites (tertiary alicyclic amines) is 2. The Labute approximate surface area is 195 Å². The molecule has 2 aromatic carbocycles. The first-order chi connectivity index (χ1) is 16.1. The molecule has 2 aliphatic rings. The van der Waals surface area contributed by atoms with Crippen LogP contribution in [0.25, 0.3) is 22.2 Å². The van der Waals surface area contributed by atoms with Crippen molar-refractivity contribution in [2.75, 3.05) is 33.3 Å². The summed E-state index contributed by atoms with van der Waals surface area (Å²) in [7, 11) is 1.69. The van der Waals surface area contributed by atoms with E-state index in [1.165, 1.54) is 6.42 Å². The molecule has 0 saturated carbocycles. The maximum atomic E-state index is 12.9. The molecule has 1 amide bonds. The quantitative estimate of drug-likeness (QED) is 0.549. The summed E-state index contributed by atoms with van der Waals surface area (Å²) >= 11 is 0. The molecule has 0 spiro atoms. The van der Waals surface area contributed by atoms with Crippen molar-refractivity contribution in [3.8, 4) is 17.2 Å². The Hall–Kier alpha value is -2.86. The fourth-order valence-corrected chi connectivity index (χ4v) is 5.25. The van der Waals surface area contributed by atoms with Crippen molar-refractivity contribution in [1.82, 2.24) is 14.8 Å². The Morgan fingerprint density at radius 2 is 1.76 bits per heavy atom.